The van der Waals surface area contributed by atoms with Gasteiger partial charge >= 0.3 is 11.8 Å². The van der Waals surface area contributed by atoms with E-state index in [1.165, 1.54) is 0 Å². The van der Waals surface area contributed by atoms with Crippen molar-refractivity contribution in [3.63, 3.8) is 0 Å². The topological polar surface area (TPSA) is 95.1 Å². The van der Waals surface area contributed by atoms with Gasteiger partial charge in [0.05, 0.1) is 23.8 Å². The predicted octanol–water partition coefficient (Wildman–Crippen LogP) is 3.07. The van der Waals surface area contributed by atoms with Crippen LogP contribution in [0.4, 0.5) is 5.69 Å². The lowest BCUT2D eigenvalue weighted by molar-refractivity contribution is -0.136. The molecule has 1 aromatic heterocycles. The lowest BCUT2D eigenvalue weighted by Crippen LogP contribution is -2.35. The molecule has 128 valence electrons. The van der Waals surface area contributed by atoms with E-state index >= 15 is 0 Å². The van der Waals surface area contributed by atoms with Crippen molar-refractivity contribution in [1.82, 2.24) is 5.32 Å². The average molecular weight is 345 g/mol. The fourth-order valence-electron chi connectivity index (χ4n) is 2.38. The average Bonchev–Trinajstić information content (AvgIpc) is 3.21. The maximum absolute atomic E-state index is 12.0. The smallest absolute Gasteiger partial charge is 0.313 e. The molecule has 0 saturated carbocycles. The van der Waals surface area contributed by atoms with E-state index in [4.69, 9.17) is 9.68 Å². The van der Waals surface area contributed by atoms with Crippen LogP contribution in [0.2, 0.25) is 0 Å². The molecule has 0 radical (unpaired) electrons. The van der Waals surface area contributed by atoms with Gasteiger partial charge in [-0.25, -0.2) is 0 Å². The van der Waals surface area contributed by atoms with Crippen LogP contribution < -0.4 is 10.6 Å². The number of furan rings is 1. The standard InChI is InChI=1S/C20H15N3O3/c21-11-16-3-1-2-4-18(16)23-20(25)19(24)22-12-14-5-7-15(8-6-14)17-9-10-26-13-17/h1-10,13H,12H2,(H,22,24)(H,23,25). The Balaban J connectivity index is 1.56. The number of carbonyl (C=O) groups is 2. The summed E-state index contributed by atoms with van der Waals surface area (Å²) in [4.78, 5) is 23.9. The Morgan fingerprint density at radius 2 is 1.73 bits per heavy atom. The highest BCUT2D eigenvalue weighted by Crippen LogP contribution is 2.20. The van der Waals surface area contributed by atoms with Gasteiger partial charge < -0.3 is 15.1 Å². The van der Waals surface area contributed by atoms with Gasteiger partial charge in [0.25, 0.3) is 0 Å². The summed E-state index contributed by atoms with van der Waals surface area (Å²) in [5.41, 5.74) is 3.43. The second kappa shape index (κ2) is 7.81. The number of benzene rings is 2. The molecule has 0 bridgehead atoms. The number of nitrogens with one attached hydrogen (secondary N) is 2. The molecule has 1 heterocycles. The Kier molecular flexibility index (Phi) is 5.11. The minimum Gasteiger partial charge on any atom is -0.472 e. The zero-order valence-corrected chi connectivity index (χ0v) is 13.7. The van der Waals surface area contributed by atoms with Gasteiger partial charge in [-0.3, -0.25) is 9.59 Å². The highest BCUT2D eigenvalue weighted by atomic mass is 16.3. The van der Waals surface area contributed by atoms with Crippen molar-refractivity contribution in [3.8, 4) is 17.2 Å². The Morgan fingerprint density at radius 1 is 0.962 bits per heavy atom. The van der Waals surface area contributed by atoms with Crippen molar-refractivity contribution in [3.05, 3.63) is 78.3 Å². The molecule has 3 rings (SSSR count). The number of nitrogens with zero attached hydrogens (tertiary/aromatic N) is 1. The summed E-state index contributed by atoms with van der Waals surface area (Å²) in [6.07, 6.45) is 3.26. The minimum atomic E-state index is -0.817. The summed E-state index contributed by atoms with van der Waals surface area (Å²) in [6.45, 7) is 0.220. The third kappa shape index (κ3) is 3.97. The third-order valence-corrected chi connectivity index (χ3v) is 3.76. The van der Waals surface area contributed by atoms with Gasteiger partial charge in [0, 0.05) is 12.1 Å². The molecule has 0 spiro atoms. The van der Waals surface area contributed by atoms with E-state index in [-0.39, 0.29) is 6.54 Å². The van der Waals surface area contributed by atoms with Crippen LogP contribution in [0, 0.1) is 11.3 Å². The van der Waals surface area contributed by atoms with Crippen LogP contribution in [0.1, 0.15) is 11.1 Å². The predicted molar refractivity (Wildman–Crippen MR) is 95.8 cm³/mol. The Labute approximate surface area is 150 Å². The monoisotopic (exact) mass is 345 g/mol. The number of carbonyl (C=O) groups excluding carboxylic acids is 2. The van der Waals surface area contributed by atoms with E-state index in [0.29, 0.717) is 11.3 Å². The number of rotatable bonds is 4. The summed E-state index contributed by atoms with van der Waals surface area (Å²) in [5, 5.41) is 14.0. The van der Waals surface area contributed by atoms with E-state index < -0.39 is 11.8 Å². The van der Waals surface area contributed by atoms with Crippen LogP contribution in [-0.4, -0.2) is 11.8 Å². The van der Waals surface area contributed by atoms with Gasteiger partial charge in [-0.2, -0.15) is 5.26 Å². The summed E-state index contributed by atoms with van der Waals surface area (Å²) >= 11 is 0. The fraction of sp³-hybridized carbons (Fsp3) is 0.0500. The van der Waals surface area contributed by atoms with E-state index in [1.54, 1.807) is 36.8 Å². The quantitative estimate of drug-likeness (QED) is 0.710. The first-order valence-corrected chi connectivity index (χ1v) is 7.87. The largest absolute Gasteiger partial charge is 0.472 e. The van der Waals surface area contributed by atoms with Crippen molar-refractivity contribution in [1.29, 1.82) is 5.26 Å². The van der Waals surface area contributed by atoms with E-state index in [9.17, 15) is 9.59 Å². The summed E-state index contributed by atoms with van der Waals surface area (Å²) < 4.78 is 5.05. The zero-order chi connectivity index (χ0) is 18.4. The molecule has 6 nitrogen and oxygen atoms in total. The van der Waals surface area contributed by atoms with Crippen LogP contribution in [0.5, 0.6) is 0 Å². The normalized spacial score (nSPS) is 9.96. The summed E-state index contributed by atoms with van der Waals surface area (Å²) in [5.74, 6) is -1.58. The highest BCUT2D eigenvalue weighted by Gasteiger charge is 2.15. The third-order valence-electron chi connectivity index (χ3n) is 3.76. The van der Waals surface area contributed by atoms with Crippen LogP contribution in [0.25, 0.3) is 11.1 Å². The summed E-state index contributed by atoms with van der Waals surface area (Å²) in [6, 6.07) is 17.9. The van der Waals surface area contributed by atoms with E-state index in [2.05, 4.69) is 10.6 Å². The van der Waals surface area contributed by atoms with Crippen molar-refractivity contribution in [2.75, 3.05) is 5.32 Å². The molecule has 0 atom stereocenters. The van der Waals surface area contributed by atoms with Gasteiger partial charge in [0.15, 0.2) is 0 Å². The van der Waals surface area contributed by atoms with Crippen LogP contribution in [-0.2, 0) is 16.1 Å². The first-order chi connectivity index (χ1) is 12.7. The van der Waals surface area contributed by atoms with Crippen molar-refractivity contribution >= 4 is 17.5 Å². The molecule has 2 N–H and O–H groups in total. The van der Waals surface area contributed by atoms with E-state index in [0.717, 1.165) is 16.7 Å². The van der Waals surface area contributed by atoms with E-state index in [1.807, 2.05) is 36.4 Å². The SMILES string of the molecule is N#Cc1ccccc1NC(=O)C(=O)NCc1ccc(-c2ccoc2)cc1. The Morgan fingerprint density at radius 3 is 2.42 bits per heavy atom. The van der Waals surface area contributed by atoms with Gasteiger partial charge in [0.1, 0.15) is 6.07 Å². The van der Waals surface area contributed by atoms with Crippen LogP contribution in [0.15, 0.2) is 71.5 Å². The van der Waals surface area contributed by atoms with Crippen molar-refractivity contribution in [2.45, 2.75) is 6.54 Å². The van der Waals surface area contributed by atoms with Gasteiger partial charge in [-0.05, 0) is 29.3 Å². The first-order valence-electron chi connectivity index (χ1n) is 7.87. The number of hydrogen-bond donors (Lipinski definition) is 2. The Hall–Kier alpha value is -3.85. The molecular formula is C20H15N3O3. The molecule has 2 amide bonds. The fourth-order valence-corrected chi connectivity index (χ4v) is 2.38. The zero-order valence-electron chi connectivity index (χ0n) is 13.7. The molecule has 6 heteroatoms. The maximum Gasteiger partial charge on any atom is 0.313 e. The summed E-state index contributed by atoms with van der Waals surface area (Å²) in [7, 11) is 0. The number of nitriles is 1. The van der Waals surface area contributed by atoms with Gasteiger partial charge in [0.2, 0.25) is 0 Å². The first kappa shape index (κ1) is 17.0. The minimum absolute atomic E-state index is 0.220. The molecule has 3 aromatic rings. The number of para-hydroxylation sites is 1. The van der Waals surface area contributed by atoms with Gasteiger partial charge in [-0.1, -0.05) is 36.4 Å². The number of anilines is 1. The molecule has 2 aromatic carbocycles. The molecule has 0 aliphatic carbocycles. The van der Waals surface area contributed by atoms with Crippen molar-refractivity contribution in [2.24, 2.45) is 0 Å². The lowest BCUT2D eigenvalue weighted by Gasteiger charge is -2.08. The second-order valence-corrected chi connectivity index (χ2v) is 5.50. The molecule has 0 fully saturated rings. The molecule has 0 saturated heterocycles. The number of amides is 2. The molecule has 0 aliphatic rings. The van der Waals surface area contributed by atoms with Crippen molar-refractivity contribution < 1.29 is 14.0 Å². The molecule has 0 aliphatic heterocycles. The number of hydrogen-bond acceptors (Lipinski definition) is 4. The lowest BCUT2D eigenvalue weighted by atomic mass is 10.1. The van der Waals surface area contributed by atoms with Crippen LogP contribution >= 0.6 is 0 Å². The van der Waals surface area contributed by atoms with Gasteiger partial charge in [-0.15, -0.1) is 0 Å². The molecular weight excluding hydrogens is 330 g/mol. The molecule has 0 unspecified atom stereocenters. The second-order valence-electron chi connectivity index (χ2n) is 5.50. The Bertz CT molecular complexity index is 955. The van der Waals surface area contributed by atoms with Crippen LogP contribution in [0.3, 0.4) is 0 Å². The maximum atomic E-state index is 12.0. The molecule has 26 heavy (non-hydrogen) atoms. The highest BCUT2D eigenvalue weighted by molar-refractivity contribution is 6.39.